The molecule has 154 valence electrons. The van der Waals surface area contributed by atoms with Crippen molar-refractivity contribution in [3.8, 4) is 11.5 Å². The van der Waals surface area contributed by atoms with Crippen molar-refractivity contribution in [3.05, 3.63) is 23.4 Å². The minimum atomic E-state index is -0.321. The van der Waals surface area contributed by atoms with Gasteiger partial charge in [0.05, 0.1) is 19.2 Å². The Morgan fingerprint density at radius 2 is 2.07 bits per heavy atom. The van der Waals surface area contributed by atoms with Gasteiger partial charge in [-0.25, -0.2) is 4.39 Å². The number of nitrogens with one attached hydrogen (secondary N) is 1. The predicted molar refractivity (Wildman–Crippen MR) is 113 cm³/mol. The molecule has 2 aromatic rings. The highest BCUT2D eigenvalue weighted by molar-refractivity contribution is 5.96. The van der Waals surface area contributed by atoms with E-state index in [1.807, 2.05) is 24.1 Å². The SMILES string of the molecule is CCNc1c2c(nc3cc(OCCCN(C)CCF)c(OC)cc13)CC(C)C2. The van der Waals surface area contributed by atoms with Crippen LogP contribution in [0.15, 0.2) is 12.1 Å². The molecule has 1 atom stereocenters. The van der Waals surface area contributed by atoms with Gasteiger partial charge in [0.2, 0.25) is 0 Å². The van der Waals surface area contributed by atoms with E-state index in [1.165, 1.54) is 16.9 Å². The minimum absolute atomic E-state index is 0.321. The van der Waals surface area contributed by atoms with Crippen molar-refractivity contribution >= 4 is 16.6 Å². The number of pyridine rings is 1. The van der Waals surface area contributed by atoms with Crippen molar-refractivity contribution in [3.63, 3.8) is 0 Å². The van der Waals surface area contributed by atoms with Gasteiger partial charge in [0.1, 0.15) is 6.67 Å². The number of benzene rings is 1. The molecule has 0 aliphatic heterocycles. The van der Waals surface area contributed by atoms with Gasteiger partial charge in [-0.3, -0.25) is 4.98 Å². The number of hydrogen-bond acceptors (Lipinski definition) is 5. The summed E-state index contributed by atoms with van der Waals surface area (Å²) in [6, 6.07) is 4.03. The summed E-state index contributed by atoms with van der Waals surface area (Å²) in [6.45, 7) is 6.75. The first-order valence-electron chi connectivity index (χ1n) is 10.2. The molecule has 5 nitrogen and oxygen atoms in total. The van der Waals surface area contributed by atoms with Crippen molar-refractivity contribution in [2.75, 3.05) is 52.4 Å². The highest BCUT2D eigenvalue weighted by Gasteiger charge is 2.25. The molecule has 0 saturated heterocycles. The van der Waals surface area contributed by atoms with Crippen molar-refractivity contribution in [2.24, 2.45) is 5.92 Å². The third-order valence-corrected chi connectivity index (χ3v) is 5.31. The number of halogens is 1. The van der Waals surface area contributed by atoms with Gasteiger partial charge >= 0.3 is 0 Å². The van der Waals surface area contributed by atoms with Gasteiger partial charge in [-0.05, 0) is 50.8 Å². The first kappa shape index (κ1) is 20.6. The van der Waals surface area contributed by atoms with Crippen LogP contribution in [0.5, 0.6) is 11.5 Å². The average molecular weight is 390 g/mol. The average Bonchev–Trinajstić information content (AvgIpc) is 3.04. The lowest BCUT2D eigenvalue weighted by atomic mass is 10.0. The quantitative estimate of drug-likeness (QED) is 0.621. The van der Waals surface area contributed by atoms with Gasteiger partial charge in [-0.1, -0.05) is 6.92 Å². The van der Waals surface area contributed by atoms with Gasteiger partial charge in [0.25, 0.3) is 0 Å². The maximum Gasteiger partial charge on any atom is 0.163 e. The fraction of sp³-hybridized carbons (Fsp3) is 0.591. The third-order valence-electron chi connectivity index (χ3n) is 5.31. The second kappa shape index (κ2) is 9.41. The van der Waals surface area contributed by atoms with Crippen LogP contribution in [0.1, 0.15) is 31.5 Å². The summed E-state index contributed by atoms with van der Waals surface area (Å²) in [5.74, 6) is 2.05. The Balaban J connectivity index is 1.85. The smallest absolute Gasteiger partial charge is 0.163 e. The van der Waals surface area contributed by atoms with Crippen LogP contribution in [0.25, 0.3) is 10.9 Å². The van der Waals surface area contributed by atoms with E-state index in [4.69, 9.17) is 14.5 Å². The largest absolute Gasteiger partial charge is 0.493 e. The molecule has 1 heterocycles. The Morgan fingerprint density at radius 1 is 1.25 bits per heavy atom. The molecule has 6 heteroatoms. The summed E-state index contributed by atoms with van der Waals surface area (Å²) < 4.78 is 24.0. The molecule has 1 aliphatic carbocycles. The second-order valence-electron chi connectivity index (χ2n) is 7.67. The number of nitrogens with zero attached hydrogens (tertiary/aromatic N) is 2. The number of methoxy groups -OCH3 is 1. The van der Waals surface area contributed by atoms with E-state index >= 15 is 0 Å². The lowest BCUT2D eigenvalue weighted by Crippen LogP contribution is -2.23. The molecule has 0 spiro atoms. The molecular formula is C22H32FN3O2. The number of fused-ring (bicyclic) bond motifs is 2. The van der Waals surface area contributed by atoms with Crippen LogP contribution in [0.4, 0.5) is 10.1 Å². The van der Waals surface area contributed by atoms with Crippen molar-refractivity contribution in [1.29, 1.82) is 0 Å². The van der Waals surface area contributed by atoms with E-state index in [0.29, 0.717) is 24.8 Å². The summed E-state index contributed by atoms with van der Waals surface area (Å²) in [5, 5.41) is 4.63. The topological polar surface area (TPSA) is 46.6 Å². The minimum Gasteiger partial charge on any atom is -0.493 e. The van der Waals surface area contributed by atoms with Crippen molar-refractivity contribution in [1.82, 2.24) is 9.88 Å². The first-order chi connectivity index (χ1) is 13.6. The monoisotopic (exact) mass is 389 g/mol. The zero-order chi connectivity index (χ0) is 20.1. The fourth-order valence-corrected chi connectivity index (χ4v) is 3.92. The summed E-state index contributed by atoms with van der Waals surface area (Å²) in [4.78, 5) is 6.91. The molecule has 0 amide bonds. The second-order valence-corrected chi connectivity index (χ2v) is 7.67. The standard InChI is InChI=1S/C22H32FN3O2/c1-5-24-22-16-11-15(2)12-18(16)25-19-14-21(20(27-4)13-17(19)22)28-10-6-8-26(3)9-7-23/h13-15H,5-12H2,1-4H3,(H,24,25). The maximum absolute atomic E-state index is 12.4. The van der Waals surface area contributed by atoms with Gasteiger partial charge in [0.15, 0.2) is 11.5 Å². The van der Waals surface area contributed by atoms with E-state index in [-0.39, 0.29) is 6.67 Å². The lowest BCUT2D eigenvalue weighted by Gasteiger charge is -2.18. The zero-order valence-electron chi connectivity index (χ0n) is 17.5. The van der Waals surface area contributed by atoms with E-state index in [1.54, 1.807) is 7.11 Å². The molecule has 3 rings (SSSR count). The number of ether oxygens (including phenoxy) is 2. The normalized spacial score (nSPS) is 15.9. The molecule has 0 radical (unpaired) electrons. The summed E-state index contributed by atoms with van der Waals surface area (Å²) in [6.07, 6.45) is 2.91. The molecule has 0 saturated carbocycles. The van der Waals surface area contributed by atoms with Crippen LogP contribution in [-0.2, 0) is 12.8 Å². The number of rotatable bonds is 10. The van der Waals surface area contributed by atoms with Crippen LogP contribution in [0.3, 0.4) is 0 Å². The van der Waals surface area contributed by atoms with Crippen LogP contribution in [0, 0.1) is 5.92 Å². The highest BCUT2D eigenvalue weighted by Crippen LogP contribution is 2.40. The predicted octanol–water partition coefficient (Wildman–Crippen LogP) is 4.08. The highest BCUT2D eigenvalue weighted by atomic mass is 19.1. The molecule has 1 N–H and O–H groups in total. The van der Waals surface area contributed by atoms with Gasteiger partial charge in [-0.15, -0.1) is 0 Å². The van der Waals surface area contributed by atoms with E-state index in [0.717, 1.165) is 49.0 Å². The molecule has 28 heavy (non-hydrogen) atoms. The van der Waals surface area contributed by atoms with E-state index in [9.17, 15) is 4.39 Å². The Bertz CT molecular complexity index is 812. The van der Waals surface area contributed by atoms with Gasteiger partial charge < -0.3 is 19.7 Å². The fourth-order valence-electron chi connectivity index (χ4n) is 3.92. The molecular weight excluding hydrogens is 357 g/mol. The van der Waals surface area contributed by atoms with Crippen molar-refractivity contribution in [2.45, 2.75) is 33.1 Å². The Morgan fingerprint density at radius 3 is 2.79 bits per heavy atom. The molecule has 1 aliphatic rings. The molecule has 1 unspecified atom stereocenters. The van der Waals surface area contributed by atoms with Gasteiger partial charge in [-0.2, -0.15) is 0 Å². The van der Waals surface area contributed by atoms with Crippen LogP contribution >= 0.6 is 0 Å². The van der Waals surface area contributed by atoms with Gasteiger partial charge in [0, 0.05) is 42.5 Å². The number of anilines is 1. The number of hydrogen-bond donors (Lipinski definition) is 1. The summed E-state index contributed by atoms with van der Waals surface area (Å²) in [7, 11) is 3.59. The Kier molecular flexibility index (Phi) is 6.94. The lowest BCUT2D eigenvalue weighted by molar-refractivity contribution is 0.244. The maximum atomic E-state index is 12.4. The molecule has 0 bridgehead atoms. The summed E-state index contributed by atoms with van der Waals surface area (Å²) in [5.41, 5.74) is 4.66. The zero-order valence-corrected chi connectivity index (χ0v) is 17.5. The Labute approximate surface area is 167 Å². The van der Waals surface area contributed by atoms with Crippen molar-refractivity contribution < 1.29 is 13.9 Å². The third kappa shape index (κ3) is 4.49. The van der Waals surface area contributed by atoms with E-state index in [2.05, 4.69) is 19.2 Å². The van der Waals surface area contributed by atoms with Crippen LogP contribution in [0.2, 0.25) is 0 Å². The number of aromatic nitrogens is 1. The van der Waals surface area contributed by atoms with Crippen LogP contribution < -0.4 is 14.8 Å². The molecule has 0 fully saturated rings. The molecule has 1 aromatic carbocycles. The molecule has 1 aromatic heterocycles. The summed E-state index contributed by atoms with van der Waals surface area (Å²) >= 11 is 0. The van der Waals surface area contributed by atoms with Crippen LogP contribution in [-0.4, -0.2) is 57.0 Å². The first-order valence-corrected chi connectivity index (χ1v) is 10.2. The van der Waals surface area contributed by atoms with E-state index < -0.39 is 0 Å². The Hall–Kier alpha value is -2.08. The number of alkyl halides is 1.